The number of halogens is 1. The molecular formula is C27H29FN6O5. The summed E-state index contributed by atoms with van der Waals surface area (Å²) in [6, 6.07) is 12.0. The van der Waals surface area contributed by atoms with E-state index in [0.717, 1.165) is 18.9 Å². The second-order valence-corrected chi connectivity index (χ2v) is 8.79. The molecule has 0 radical (unpaired) electrons. The van der Waals surface area contributed by atoms with Crippen LogP contribution in [0.3, 0.4) is 0 Å². The molecule has 1 N–H and O–H groups in total. The third kappa shape index (κ3) is 6.78. The first-order valence-electron chi connectivity index (χ1n) is 12.6. The van der Waals surface area contributed by atoms with Gasteiger partial charge >= 0.3 is 5.97 Å². The number of nitrogens with zero attached hydrogens (tertiary/aromatic N) is 5. The Morgan fingerprint density at radius 3 is 2.33 bits per heavy atom. The van der Waals surface area contributed by atoms with Crippen molar-refractivity contribution >= 4 is 29.8 Å². The number of anilines is 3. The van der Waals surface area contributed by atoms with E-state index in [9.17, 15) is 9.18 Å². The van der Waals surface area contributed by atoms with Crippen molar-refractivity contribution in [3.8, 4) is 11.5 Å². The van der Waals surface area contributed by atoms with E-state index in [4.69, 9.17) is 23.9 Å². The maximum absolute atomic E-state index is 13.2. The van der Waals surface area contributed by atoms with E-state index in [-0.39, 0.29) is 11.3 Å². The molecule has 3 aromatic rings. The molecule has 0 amide bonds. The third-order valence-corrected chi connectivity index (χ3v) is 6.19. The lowest BCUT2D eigenvalue weighted by Gasteiger charge is -2.31. The number of aromatic nitrogens is 2. The van der Waals surface area contributed by atoms with Gasteiger partial charge in [0, 0.05) is 32.2 Å². The Morgan fingerprint density at radius 2 is 1.64 bits per heavy atom. The summed E-state index contributed by atoms with van der Waals surface area (Å²) in [6.07, 6.45) is 1.61. The first-order chi connectivity index (χ1) is 19.1. The number of benzene rings is 2. The number of ether oxygens (including phenoxy) is 4. The number of esters is 1. The van der Waals surface area contributed by atoms with E-state index in [0.29, 0.717) is 62.6 Å². The number of methoxy groups -OCH3 is 1. The van der Waals surface area contributed by atoms with Crippen LogP contribution in [0, 0.1) is 5.82 Å². The Hall–Kier alpha value is -4.29. The molecule has 0 aliphatic carbocycles. The van der Waals surface area contributed by atoms with Crippen molar-refractivity contribution in [2.75, 3.05) is 74.9 Å². The highest BCUT2D eigenvalue weighted by Crippen LogP contribution is 2.28. The Kier molecular flexibility index (Phi) is 8.44. The highest BCUT2D eigenvalue weighted by molar-refractivity contribution is 5.91. The molecule has 39 heavy (non-hydrogen) atoms. The third-order valence-electron chi connectivity index (χ3n) is 6.19. The quantitative estimate of drug-likeness (QED) is 0.200. The Labute approximate surface area is 225 Å². The van der Waals surface area contributed by atoms with Crippen molar-refractivity contribution in [1.82, 2.24) is 9.97 Å². The Bertz CT molecular complexity index is 1270. The number of nitrogens with one attached hydrogen (secondary N) is 1. The van der Waals surface area contributed by atoms with E-state index in [1.54, 1.807) is 24.4 Å². The van der Waals surface area contributed by atoms with Crippen molar-refractivity contribution in [2.45, 2.75) is 0 Å². The second kappa shape index (κ2) is 12.5. The van der Waals surface area contributed by atoms with Gasteiger partial charge in [-0.25, -0.2) is 9.18 Å². The summed E-state index contributed by atoms with van der Waals surface area (Å²) in [5.41, 5.74) is 3.94. The number of carbonyl (C=O) groups excluding carboxylic acids is 1. The van der Waals surface area contributed by atoms with Crippen LogP contribution >= 0.6 is 0 Å². The predicted molar refractivity (Wildman–Crippen MR) is 144 cm³/mol. The van der Waals surface area contributed by atoms with Gasteiger partial charge < -0.3 is 28.7 Å². The van der Waals surface area contributed by atoms with Crippen molar-refractivity contribution in [2.24, 2.45) is 5.10 Å². The van der Waals surface area contributed by atoms with Crippen LogP contribution in [-0.4, -0.2) is 81.9 Å². The molecule has 204 valence electrons. The molecule has 0 bridgehead atoms. The van der Waals surface area contributed by atoms with E-state index < -0.39 is 11.8 Å². The largest absolute Gasteiger partial charge is 0.493 e. The van der Waals surface area contributed by atoms with Crippen LogP contribution < -0.4 is 24.7 Å². The monoisotopic (exact) mass is 536 g/mol. The number of carbonyl (C=O) groups is 1. The van der Waals surface area contributed by atoms with Crippen molar-refractivity contribution in [1.29, 1.82) is 0 Å². The smallest absolute Gasteiger partial charge is 0.343 e. The van der Waals surface area contributed by atoms with E-state index in [1.165, 1.54) is 31.4 Å². The average molecular weight is 537 g/mol. The van der Waals surface area contributed by atoms with Crippen LogP contribution in [0.15, 0.2) is 53.6 Å². The molecule has 2 aromatic carbocycles. The van der Waals surface area contributed by atoms with Gasteiger partial charge in [0.05, 0.1) is 45.3 Å². The highest BCUT2D eigenvalue weighted by Gasteiger charge is 2.19. The molecule has 12 heteroatoms. The van der Waals surface area contributed by atoms with E-state index in [1.807, 2.05) is 6.07 Å². The molecule has 2 aliphatic rings. The number of rotatable bonds is 8. The fraction of sp³-hybridized carbons (Fsp3) is 0.333. The second-order valence-electron chi connectivity index (χ2n) is 8.79. The standard InChI is InChI=1S/C27H29FN6O5/c1-36-23-16-19(2-7-22(23)39-26(35)20-3-5-21(28)6-4-20)18-29-32-24-17-25(33-8-12-37-13-9-33)31-27(30-24)34-10-14-38-15-11-34/h2-7,16-18H,8-15H2,1H3,(H,30,31,32)/b29-18-. The average Bonchev–Trinajstić information content (AvgIpc) is 2.99. The van der Waals surface area contributed by atoms with Gasteiger partial charge in [-0.2, -0.15) is 15.1 Å². The molecule has 0 unspecified atom stereocenters. The summed E-state index contributed by atoms with van der Waals surface area (Å²) in [4.78, 5) is 26.1. The molecule has 1 aromatic heterocycles. The minimum atomic E-state index is -0.618. The normalized spacial score (nSPS) is 15.8. The van der Waals surface area contributed by atoms with Gasteiger partial charge in [0.2, 0.25) is 5.95 Å². The van der Waals surface area contributed by atoms with Gasteiger partial charge in [0.25, 0.3) is 0 Å². The van der Waals surface area contributed by atoms with E-state index >= 15 is 0 Å². The summed E-state index contributed by atoms with van der Waals surface area (Å²) in [7, 11) is 1.48. The molecule has 0 atom stereocenters. The topological polar surface area (TPSA) is 111 Å². The molecule has 0 spiro atoms. The van der Waals surface area contributed by atoms with Crippen LogP contribution in [0.4, 0.5) is 22.0 Å². The van der Waals surface area contributed by atoms with Gasteiger partial charge in [-0.05, 0) is 48.0 Å². The first-order valence-corrected chi connectivity index (χ1v) is 12.6. The molecule has 0 saturated carbocycles. The lowest BCUT2D eigenvalue weighted by atomic mass is 10.2. The lowest BCUT2D eigenvalue weighted by molar-refractivity contribution is 0.0729. The fourth-order valence-corrected chi connectivity index (χ4v) is 4.11. The van der Waals surface area contributed by atoms with Crippen molar-refractivity contribution in [3.63, 3.8) is 0 Å². The highest BCUT2D eigenvalue weighted by atomic mass is 19.1. The minimum absolute atomic E-state index is 0.228. The zero-order chi connectivity index (χ0) is 27.0. The van der Waals surface area contributed by atoms with Gasteiger partial charge in [-0.3, -0.25) is 5.43 Å². The lowest BCUT2D eigenvalue weighted by Crippen LogP contribution is -2.39. The van der Waals surface area contributed by atoms with Gasteiger partial charge in [-0.15, -0.1) is 0 Å². The van der Waals surface area contributed by atoms with Crippen LogP contribution in [0.1, 0.15) is 15.9 Å². The Morgan fingerprint density at radius 1 is 0.949 bits per heavy atom. The van der Waals surface area contributed by atoms with Crippen LogP contribution in [0.25, 0.3) is 0 Å². The van der Waals surface area contributed by atoms with Crippen molar-refractivity contribution < 1.29 is 28.1 Å². The Balaban J connectivity index is 1.30. The molecular weight excluding hydrogens is 507 g/mol. The fourth-order valence-electron chi connectivity index (χ4n) is 4.11. The number of hydrazone groups is 1. The molecule has 5 rings (SSSR count). The number of hydrogen-bond donors (Lipinski definition) is 1. The molecule has 2 aliphatic heterocycles. The van der Waals surface area contributed by atoms with E-state index in [2.05, 4.69) is 25.3 Å². The molecule has 2 saturated heterocycles. The zero-order valence-electron chi connectivity index (χ0n) is 21.5. The summed E-state index contributed by atoms with van der Waals surface area (Å²) in [6.45, 7) is 5.48. The molecule has 2 fully saturated rings. The van der Waals surface area contributed by atoms with Gasteiger partial charge in [0.1, 0.15) is 11.6 Å². The van der Waals surface area contributed by atoms with Gasteiger partial charge in [-0.1, -0.05) is 0 Å². The van der Waals surface area contributed by atoms with Gasteiger partial charge in [0.15, 0.2) is 17.3 Å². The minimum Gasteiger partial charge on any atom is -0.493 e. The summed E-state index contributed by atoms with van der Waals surface area (Å²) >= 11 is 0. The maximum atomic E-state index is 13.2. The number of morpholine rings is 2. The summed E-state index contributed by atoms with van der Waals surface area (Å²) < 4.78 is 35.0. The zero-order valence-corrected chi connectivity index (χ0v) is 21.5. The molecule has 11 nitrogen and oxygen atoms in total. The van der Waals surface area contributed by atoms with Crippen LogP contribution in [-0.2, 0) is 9.47 Å². The summed E-state index contributed by atoms with van der Waals surface area (Å²) in [5.74, 6) is 1.51. The van der Waals surface area contributed by atoms with Crippen LogP contribution in [0.5, 0.6) is 11.5 Å². The van der Waals surface area contributed by atoms with Crippen molar-refractivity contribution in [3.05, 3.63) is 65.5 Å². The molecule has 3 heterocycles. The first kappa shape index (κ1) is 26.3. The number of hydrogen-bond acceptors (Lipinski definition) is 11. The predicted octanol–water partition coefficient (Wildman–Crippen LogP) is 2.96. The summed E-state index contributed by atoms with van der Waals surface area (Å²) in [5, 5.41) is 4.36. The SMILES string of the molecule is COc1cc(/C=N\Nc2cc(N3CCOCC3)nc(N3CCOCC3)n2)ccc1OC(=O)c1ccc(F)cc1. The maximum Gasteiger partial charge on any atom is 0.343 e. The van der Waals surface area contributed by atoms with Crippen LogP contribution in [0.2, 0.25) is 0 Å².